The van der Waals surface area contributed by atoms with E-state index in [2.05, 4.69) is 206 Å². The third kappa shape index (κ3) is 5.83. The minimum atomic E-state index is -1.64. The van der Waals surface area contributed by atoms with Gasteiger partial charge in [0.15, 0.2) is 0 Å². The molecule has 0 N–H and O–H groups in total. The normalized spacial score (nSPS) is 14.4. The standard InChI is InChI=1S/C48H41BO/c1-36-18-20-43(21-19-36)47-34-35-50(2)49(45-30-26-41(27-31-45)38-14-8-4-9-15-38,46-32-28-42(29-33-46)39-16-10-5-11-17-39)48(47)44-24-22-40(23-25-44)37-12-6-3-7-13-37/h3-33H,34-35H2,1-2H3. The van der Waals surface area contributed by atoms with Crippen LogP contribution in [0.2, 0.25) is 0 Å². The number of aryl methyl sites for hydroxylation is 1. The second-order valence-electron chi connectivity index (χ2n) is 13.6. The fraction of sp³-hybridized carbons (Fsp3) is 0.0833. The number of rotatable bonds is 7. The first-order valence-corrected chi connectivity index (χ1v) is 17.7. The van der Waals surface area contributed by atoms with Gasteiger partial charge in [-0.15, -0.1) is 16.4 Å². The van der Waals surface area contributed by atoms with Gasteiger partial charge in [0.05, 0.1) is 7.11 Å². The van der Waals surface area contributed by atoms with Gasteiger partial charge >= 0.3 is 6.35 Å². The van der Waals surface area contributed by atoms with Crippen LogP contribution in [0.15, 0.2) is 188 Å². The Morgan fingerprint density at radius 1 is 0.380 bits per heavy atom. The summed E-state index contributed by atoms with van der Waals surface area (Å²) in [5.41, 5.74) is 16.5. The van der Waals surface area contributed by atoms with E-state index < -0.39 is 6.35 Å². The molecule has 1 aliphatic heterocycles. The molecule has 1 aliphatic rings. The van der Waals surface area contributed by atoms with Gasteiger partial charge in [-0.3, -0.25) is 0 Å². The molecule has 0 radical (unpaired) electrons. The summed E-state index contributed by atoms with van der Waals surface area (Å²) in [5, 5.41) is 0. The van der Waals surface area contributed by atoms with Crippen LogP contribution in [0.3, 0.4) is 0 Å². The minimum absolute atomic E-state index is 0.871. The third-order valence-electron chi connectivity index (χ3n) is 10.7. The summed E-state index contributed by atoms with van der Waals surface area (Å²) in [6.07, 6.45) is -0.704. The molecule has 0 saturated heterocycles. The SMILES string of the molecule is Cc1ccc(C2=C(c3ccc(-c4ccccc4)cc3)[B-](c3ccc(-c4ccccc4)cc3)(c3ccc(-c4ccccc4)cc3)[O+](C)CC2)cc1. The quantitative estimate of drug-likeness (QED) is 0.120. The Kier molecular flexibility index (Phi) is 8.63. The van der Waals surface area contributed by atoms with Crippen molar-refractivity contribution in [2.45, 2.75) is 13.3 Å². The van der Waals surface area contributed by atoms with Crippen molar-refractivity contribution in [2.24, 2.45) is 0 Å². The molecular formula is C48H41BO. The number of hydrogen-bond acceptors (Lipinski definition) is 0. The predicted octanol–water partition coefficient (Wildman–Crippen LogP) is 10.8. The van der Waals surface area contributed by atoms with Crippen LogP contribution in [-0.2, 0) is 4.28 Å². The minimum Gasteiger partial charge on any atom is -0.662 e. The van der Waals surface area contributed by atoms with Crippen LogP contribution in [0.1, 0.15) is 23.1 Å². The van der Waals surface area contributed by atoms with Crippen molar-refractivity contribution in [2.75, 3.05) is 13.7 Å². The predicted molar refractivity (Wildman–Crippen MR) is 215 cm³/mol. The molecule has 7 aromatic rings. The van der Waals surface area contributed by atoms with Crippen LogP contribution in [-0.4, -0.2) is 20.1 Å². The molecule has 242 valence electrons. The zero-order valence-electron chi connectivity index (χ0n) is 28.8. The van der Waals surface area contributed by atoms with Gasteiger partial charge in [0, 0.05) is 6.42 Å². The Balaban J connectivity index is 1.39. The van der Waals surface area contributed by atoms with Gasteiger partial charge in [-0.1, -0.05) is 205 Å². The van der Waals surface area contributed by atoms with Crippen LogP contribution >= 0.6 is 0 Å². The summed E-state index contributed by atoms with van der Waals surface area (Å²) in [5.74, 6) is 0. The Labute approximate surface area is 296 Å². The molecule has 8 rings (SSSR count). The Morgan fingerprint density at radius 2 is 0.720 bits per heavy atom. The lowest BCUT2D eigenvalue weighted by molar-refractivity contribution is 0.0582. The smallest absolute Gasteiger partial charge is 0.377 e. The lowest BCUT2D eigenvalue weighted by atomic mass is 9.25. The topological polar surface area (TPSA) is 2.70 Å². The second kappa shape index (κ2) is 13.7. The Hall–Kier alpha value is -5.70. The lowest BCUT2D eigenvalue weighted by Gasteiger charge is -2.52. The summed E-state index contributed by atoms with van der Waals surface area (Å²) < 4.78 is 3.76. The van der Waals surface area contributed by atoms with Gasteiger partial charge in [0.25, 0.3) is 0 Å². The van der Waals surface area contributed by atoms with Crippen LogP contribution in [0.5, 0.6) is 0 Å². The van der Waals surface area contributed by atoms with Crippen molar-refractivity contribution < 1.29 is 4.28 Å². The van der Waals surface area contributed by atoms with Crippen LogP contribution in [0.4, 0.5) is 0 Å². The lowest BCUT2D eigenvalue weighted by Crippen LogP contribution is -2.68. The van der Waals surface area contributed by atoms with E-state index in [0.717, 1.165) is 13.0 Å². The van der Waals surface area contributed by atoms with Gasteiger partial charge in [-0.05, 0) is 45.9 Å². The van der Waals surface area contributed by atoms with E-state index in [-0.39, 0.29) is 0 Å². The van der Waals surface area contributed by atoms with Crippen LogP contribution in [0, 0.1) is 6.92 Å². The maximum absolute atomic E-state index is 3.76. The van der Waals surface area contributed by atoms with E-state index in [4.69, 9.17) is 0 Å². The molecule has 1 heterocycles. The summed E-state index contributed by atoms with van der Waals surface area (Å²) >= 11 is 0. The highest BCUT2D eigenvalue weighted by atomic mass is 16.6. The van der Waals surface area contributed by atoms with E-state index in [1.807, 2.05) is 0 Å². The van der Waals surface area contributed by atoms with Crippen LogP contribution < -0.4 is 10.9 Å². The first-order chi connectivity index (χ1) is 24.6. The third-order valence-corrected chi connectivity index (χ3v) is 10.7. The van der Waals surface area contributed by atoms with Gasteiger partial charge in [-0.25, -0.2) is 0 Å². The van der Waals surface area contributed by atoms with E-state index in [0.29, 0.717) is 0 Å². The van der Waals surface area contributed by atoms with Crippen molar-refractivity contribution in [1.82, 2.24) is 0 Å². The fourth-order valence-electron chi connectivity index (χ4n) is 8.10. The maximum atomic E-state index is 3.76. The van der Waals surface area contributed by atoms with Gasteiger partial charge in [0.1, 0.15) is 6.61 Å². The van der Waals surface area contributed by atoms with E-state index in [1.165, 1.54) is 72.0 Å². The van der Waals surface area contributed by atoms with E-state index in [9.17, 15) is 0 Å². The molecule has 0 fully saturated rings. The molecule has 0 spiro atoms. The van der Waals surface area contributed by atoms with Gasteiger partial charge in [-0.2, -0.15) is 0 Å². The summed E-state index contributed by atoms with van der Waals surface area (Å²) in [6.45, 7) is 3.04. The fourth-order valence-corrected chi connectivity index (χ4v) is 8.10. The molecule has 0 aromatic heterocycles. The average molecular weight is 645 g/mol. The summed E-state index contributed by atoms with van der Waals surface area (Å²) in [4.78, 5) is 0. The first-order valence-electron chi connectivity index (χ1n) is 17.7. The molecular weight excluding hydrogens is 603 g/mol. The zero-order chi connectivity index (χ0) is 33.9. The van der Waals surface area contributed by atoms with E-state index >= 15 is 0 Å². The summed E-state index contributed by atoms with van der Waals surface area (Å²) in [7, 11) is 2.25. The van der Waals surface area contributed by atoms with Gasteiger partial charge in [0.2, 0.25) is 0 Å². The molecule has 0 amide bonds. The highest BCUT2D eigenvalue weighted by molar-refractivity contribution is 7.12. The van der Waals surface area contributed by atoms with Crippen molar-refractivity contribution in [3.8, 4) is 33.4 Å². The molecule has 0 bridgehead atoms. The number of benzene rings is 7. The largest absolute Gasteiger partial charge is 0.662 e. The monoisotopic (exact) mass is 644 g/mol. The highest BCUT2D eigenvalue weighted by Crippen LogP contribution is 2.43. The molecule has 0 atom stereocenters. The Bertz CT molecular complexity index is 2140. The second-order valence-corrected chi connectivity index (χ2v) is 13.6. The molecule has 0 aliphatic carbocycles. The maximum Gasteiger partial charge on any atom is 0.377 e. The molecule has 2 heteroatoms. The summed E-state index contributed by atoms with van der Waals surface area (Å²) in [6, 6.07) is 69.1. The van der Waals surface area contributed by atoms with Crippen LogP contribution in [0.25, 0.3) is 44.4 Å². The molecule has 50 heavy (non-hydrogen) atoms. The van der Waals surface area contributed by atoms with Crippen molar-refractivity contribution in [3.05, 3.63) is 205 Å². The number of hydrogen-bond donors (Lipinski definition) is 0. The average Bonchev–Trinajstić information content (AvgIpc) is 3.19. The first kappa shape index (κ1) is 31.6. The molecule has 7 aromatic carbocycles. The zero-order valence-corrected chi connectivity index (χ0v) is 28.8. The van der Waals surface area contributed by atoms with Gasteiger partial charge < -0.3 is 4.28 Å². The Morgan fingerprint density at radius 3 is 1.14 bits per heavy atom. The molecule has 0 saturated carbocycles. The van der Waals surface area contributed by atoms with Crippen molar-refractivity contribution in [3.63, 3.8) is 0 Å². The molecule has 1 nitrogen and oxygen atoms in total. The van der Waals surface area contributed by atoms with E-state index in [1.54, 1.807) is 0 Å². The highest BCUT2D eigenvalue weighted by Gasteiger charge is 2.49. The van der Waals surface area contributed by atoms with Crippen molar-refractivity contribution in [1.29, 1.82) is 0 Å². The van der Waals surface area contributed by atoms with Crippen molar-refractivity contribution >= 4 is 28.3 Å². The molecule has 0 unspecified atom stereocenters.